The maximum absolute atomic E-state index is 13.2. The van der Waals surface area contributed by atoms with E-state index in [-0.39, 0.29) is 36.9 Å². The van der Waals surface area contributed by atoms with Gasteiger partial charge in [-0.2, -0.15) is 0 Å². The molecule has 8 heteroatoms. The van der Waals surface area contributed by atoms with Gasteiger partial charge in [-0.3, -0.25) is 14.5 Å². The maximum atomic E-state index is 13.2. The van der Waals surface area contributed by atoms with Gasteiger partial charge in [0.1, 0.15) is 12.6 Å². The Hall–Kier alpha value is -2.61. The quantitative estimate of drug-likeness (QED) is 0.608. The van der Waals surface area contributed by atoms with Crippen molar-refractivity contribution in [2.24, 2.45) is 17.8 Å². The van der Waals surface area contributed by atoms with Gasteiger partial charge in [0.15, 0.2) is 0 Å². The predicted molar refractivity (Wildman–Crippen MR) is 113 cm³/mol. The Morgan fingerprint density at radius 3 is 2.74 bits per heavy atom. The first-order valence-electron chi connectivity index (χ1n) is 11.2. The van der Waals surface area contributed by atoms with E-state index in [1.165, 1.54) is 0 Å². The second kappa shape index (κ2) is 9.68. The molecule has 31 heavy (non-hydrogen) atoms. The molecule has 0 spiro atoms. The molecule has 2 saturated heterocycles. The molecule has 4 rings (SSSR count). The fourth-order valence-corrected chi connectivity index (χ4v) is 5.31. The van der Waals surface area contributed by atoms with E-state index >= 15 is 0 Å². The monoisotopic (exact) mass is 429 g/mol. The lowest BCUT2D eigenvalue weighted by atomic mass is 9.92. The molecule has 8 nitrogen and oxygen atoms in total. The number of ether oxygens (including phenoxy) is 1. The molecule has 2 aliphatic heterocycles. The van der Waals surface area contributed by atoms with Gasteiger partial charge >= 0.3 is 6.09 Å². The molecule has 0 aromatic heterocycles. The Bertz CT molecular complexity index is 802. The topological polar surface area (TPSA) is 108 Å². The molecule has 0 bridgehead atoms. The van der Waals surface area contributed by atoms with Crippen LogP contribution in [0, 0.1) is 17.8 Å². The van der Waals surface area contributed by atoms with Crippen molar-refractivity contribution in [1.29, 1.82) is 0 Å². The zero-order chi connectivity index (χ0) is 21.8. The minimum absolute atomic E-state index is 0.0319. The van der Waals surface area contributed by atoms with Crippen molar-refractivity contribution in [2.75, 3.05) is 19.7 Å². The average Bonchev–Trinajstić information content (AvgIpc) is 3.48. The van der Waals surface area contributed by atoms with Gasteiger partial charge in [0.25, 0.3) is 0 Å². The average molecular weight is 430 g/mol. The van der Waals surface area contributed by atoms with Gasteiger partial charge in [-0.1, -0.05) is 36.8 Å². The molecule has 3 N–H and O–H groups in total. The Morgan fingerprint density at radius 1 is 1.23 bits per heavy atom. The normalized spacial score (nSPS) is 28.2. The smallest absolute Gasteiger partial charge is 0.410 e. The van der Waals surface area contributed by atoms with Crippen molar-refractivity contribution in [3.63, 3.8) is 0 Å². The van der Waals surface area contributed by atoms with E-state index in [4.69, 9.17) is 4.74 Å². The molecule has 1 saturated carbocycles. The van der Waals surface area contributed by atoms with Gasteiger partial charge in [-0.05, 0) is 43.1 Å². The summed E-state index contributed by atoms with van der Waals surface area (Å²) in [6.45, 7) is 1.07. The minimum Gasteiger partial charge on any atom is -0.445 e. The van der Waals surface area contributed by atoms with Gasteiger partial charge in [0.2, 0.25) is 11.8 Å². The van der Waals surface area contributed by atoms with Crippen LogP contribution in [0.5, 0.6) is 0 Å². The molecule has 168 valence electrons. The number of nitrogens with one attached hydrogen (secondary N) is 2. The fourth-order valence-electron chi connectivity index (χ4n) is 5.31. The number of hydrogen-bond donors (Lipinski definition) is 3. The molecule has 1 aromatic rings. The van der Waals surface area contributed by atoms with Crippen LogP contribution in [0.4, 0.5) is 4.79 Å². The van der Waals surface area contributed by atoms with Gasteiger partial charge < -0.3 is 20.5 Å². The summed E-state index contributed by atoms with van der Waals surface area (Å²) in [4.78, 5) is 39.5. The van der Waals surface area contributed by atoms with Crippen LogP contribution in [-0.2, 0) is 20.9 Å². The van der Waals surface area contributed by atoms with Gasteiger partial charge in [0.05, 0.1) is 12.6 Å². The van der Waals surface area contributed by atoms with Gasteiger partial charge in [0, 0.05) is 19.0 Å². The maximum Gasteiger partial charge on any atom is 0.410 e. The third-order valence-corrected chi connectivity index (χ3v) is 6.90. The van der Waals surface area contributed by atoms with Crippen molar-refractivity contribution in [1.82, 2.24) is 15.5 Å². The number of amides is 3. The second-order valence-corrected chi connectivity index (χ2v) is 8.89. The summed E-state index contributed by atoms with van der Waals surface area (Å²) >= 11 is 0. The largest absolute Gasteiger partial charge is 0.445 e. The highest BCUT2D eigenvalue weighted by Crippen LogP contribution is 2.42. The summed E-state index contributed by atoms with van der Waals surface area (Å²) in [5.41, 5.74) is 0.895. The first kappa shape index (κ1) is 21.6. The first-order chi connectivity index (χ1) is 15.1. The van der Waals surface area contributed by atoms with Crippen molar-refractivity contribution >= 4 is 17.9 Å². The molecule has 0 unspecified atom stereocenters. The number of fused-ring (bicyclic) bond motifs is 1. The number of carbonyl (C=O) groups excluding carboxylic acids is 3. The third-order valence-electron chi connectivity index (χ3n) is 6.90. The predicted octanol–water partition coefficient (Wildman–Crippen LogP) is 1.43. The number of hydrogen-bond acceptors (Lipinski definition) is 5. The Morgan fingerprint density at radius 2 is 2.03 bits per heavy atom. The fraction of sp³-hybridized carbons (Fsp3) is 0.609. The van der Waals surface area contributed by atoms with Gasteiger partial charge in [-0.25, -0.2) is 4.79 Å². The molecule has 3 aliphatic rings. The molecule has 0 radical (unpaired) electrons. The van der Waals surface area contributed by atoms with Crippen LogP contribution < -0.4 is 10.6 Å². The van der Waals surface area contributed by atoms with E-state index in [0.29, 0.717) is 31.8 Å². The summed E-state index contributed by atoms with van der Waals surface area (Å²) in [5, 5.41) is 15.5. The van der Waals surface area contributed by atoms with Crippen molar-refractivity contribution in [3.05, 3.63) is 35.9 Å². The second-order valence-electron chi connectivity index (χ2n) is 8.89. The van der Waals surface area contributed by atoms with E-state index in [0.717, 1.165) is 24.8 Å². The van der Waals surface area contributed by atoms with Crippen LogP contribution >= 0.6 is 0 Å². The van der Waals surface area contributed by atoms with E-state index in [2.05, 4.69) is 10.6 Å². The van der Waals surface area contributed by atoms with Crippen molar-refractivity contribution in [3.8, 4) is 0 Å². The number of likely N-dealkylation sites (tertiary alicyclic amines) is 1. The molecule has 2 heterocycles. The zero-order valence-corrected chi connectivity index (χ0v) is 17.7. The van der Waals surface area contributed by atoms with Crippen LogP contribution in [0.1, 0.15) is 37.7 Å². The van der Waals surface area contributed by atoms with Crippen molar-refractivity contribution in [2.45, 2.75) is 50.8 Å². The van der Waals surface area contributed by atoms with Crippen LogP contribution in [0.15, 0.2) is 30.3 Å². The summed E-state index contributed by atoms with van der Waals surface area (Å²) in [5.74, 6) is -0.0853. The van der Waals surface area contributed by atoms with Crippen LogP contribution in [-0.4, -0.2) is 59.7 Å². The number of aliphatic hydroxyl groups excluding tert-OH is 1. The molecule has 1 aliphatic carbocycles. The summed E-state index contributed by atoms with van der Waals surface area (Å²) < 4.78 is 5.52. The lowest BCUT2D eigenvalue weighted by molar-refractivity contribution is -0.128. The van der Waals surface area contributed by atoms with Crippen LogP contribution in [0.25, 0.3) is 0 Å². The lowest BCUT2D eigenvalue weighted by Crippen LogP contribution is -2.52. The SMILES string of the molecule is O=C1NCC[C@H]1C[C@@H](CO)NC(=O)[C@@H]1[C@H]2CCC[C@H]2CN1C(=O)OCc1ccccc1. The lowest BCUT2D eigenvalue weighted by Gasteiger charge is -2.28. The summed E-state index contributed by atoms with van der Waals surface area (Å²) in [6.07, 6.45) is 3.58. The van der Waals surface area contributed by atoms with Crippen LogP contribution in [0.3, 0.4) is 0 Å². The number of rotatable bonds is 7. The Labute approximate surface area is 182 Å². The Balaban J connectivity index is 1.40. The molecular formula is C23H31N3O5. The molecule has 3 amide bonds. The van der Waals surface area contributed by atoms with E-state index in [1.807, 2.05) is 30.3 Å². The van der Waals surface area contributed by atoms with Gasteiger partial charge in [-0.15, -0.1) is 0 Å². The number of benzene rings is 1. The highest BCUT2D eigenvalue weighted by atomic mass is 16.6. The van der Waals surface area contributed by atoms with E-state index in [9.17, 15) is 19.5 Å². The highest BCUT2D eigenvalue weighted by molar-refractivity contribution is 5.87. The third kappa shape index (κ3) is 4.84. The molecule has 3 fully saturated rings. The highest BCUT2D eigenvalue weighted by Gasteiger charge is 2.50. The van der Waals surface area contributed by atoms with E-state index < -0.39 is 18.2 Å². The molecule has 5 atom stereocenters. The Kier molecular flexibility index (Phi) is 6.75. The van der Waals surface area contributed by atoms with Crippen LogP contribution in [0.2, 0.25) is 0 Å². The standard InChI is InChI=1S/C23H31N3O5/c27-13-18(11-16-9-10-24-21(16)28)25-22(29)20-19-8-4-7-17(19)12-26(20)23(30)31-14-15-5-2-1-3-6-15/h1-3,5-6,16-20,27H,4,7-14H2,(H,24,28)(H,25,29)/t16-,17-,18-,19-,20-/m0/s1. The first-order valence-corrected chi connectivity index (χ1v) is 11.2. The number of aliphatic hydroxyl groups is 1. The molecule has 1 aromatic carbocycles. The zero-order valence-electron chi connectivity index (χ0n) is 17.7. The molecular weight excluding hydrogens is 398 g/mol. The summed E-state index contributed by atoms with van der Waals surface area (Å²) in [7, 11) is 0. The minimum atomic E-state index is -0.595. The number of carbonyl (C=O) groups is 3. The van der Waals surface area contributed by atoms with Crippen molar-refractivity contribution < 1.29 is 24.2 Å². The number of nitrogens with zero attached hydrogens (tertiary/aromatic N) is 1. The summed E-state index contributed by atoms with van der Waals surface area (Å²) in [6, 6.07) is 8.35. The van der Waals surface area contributed by atoms with E-state index in [1.54, 1.807) is 4.90 Å².